The van der Waals surface area contributed by atoms with Crippen molar-refractivity contribution in [3.63, 3.8) is 0 Å². The molecule has 1 unspecified atom stereocenters. The van der Waals surface area contributed by atoms with Crippen LogP contribution in [-0.4, -0.2) is 23.8 Å². The van der Waals surface area contributed by atoms with E-state index in [0.29, 0.717) is 31.6 Å². The summed E-state index contributed by atoms with van der Waals surface area (Å²) in [5.74, 6) is 0. The third-order valence-corrected chi connectivity index (χ3v) is 3.85. The molecular formula is C15H17F3N2O. The van der Waals surface area contributed by atoms with Gasteiger partial charge in [0, 0.05) is 13.1 Å². The van der Waals surface area contributed by atoms with Crippen molar-refractivity contribution in [2.45, 2.75) is 38.0 Å². The fourth-order valence-electron chi connectivity index (χ4n) is 2.58. The maximum Gasteiger partial charge on any atom is 0.416 e. The molecule has 1 aliphatic rings. The number of halogens is 3. The number of hydrogen-bond donors (Lipinski definition) is 1. The Kier molecular flexibility index (Phi) is 4.15. The number of nitriles is 1. The van der Waals surface area contributed by atoms with E-state index in [1.54, 1.807) is 6.92 Å². The van der Waals surface area contributed by atoms with E-state index >= 15 is 0 Å². The Morgan fingerprint density at radius 2 is 2.00 bits per heavy atom. The molecule has 114 valence electrons. The Labute approximate surface area is 121 Å². The normalized spacial score (nSPS) is 23.5. The van der Waals surface area contributed by atoms with Gasteiger partial charge in [-0.05, 0) is 44.4 Å². The van der Waals surface area contributed by atoms with Crippen LogP contribution in [0.3, 0.4) is 0 Å². The summed E-state index contributed by atoms with van der Waals surface area (Å²) in [4.78, 5) is 1.88. The minimum Gasteiger partial charge on any atom is -0.390 e. The highest BCUT2D eigenvalue weighted by Crippen LogP contribution is 2.34. The van der Waals surface area contributed by atoms with Crippen LogP contribution in [0.4, 0.5) is 18.9 Å². The zero-order valence-electron chi connectivity index (χ0n) is 11.7. The topological polar surface area (TPSA) is 47.3 Å². The molecule has 6 heteroatoms. The molecule has 1 atom stereocenters. The van der Waals surface area contributed by atoms with Gasteiger partial charge in [0.2, 0.25) is 0 Å². The molecule has 0 radical (unpaired) electrons. The van der Waals surface area contributed by atoms with Crippen molar-refractivity contribution in [1.82, 2.24) is 0 Å². The van der Waals surface area contributed by atoms with Crippen LogP contribution in [0.2, 0.25) is 0 Å². The van der Waals surface area contributed by atoms with E-state index in [4.69, 9.17) is 5.26 Å². The number of hydrogen-bond acceptors (Lipinski definition) is 3. The largest absolute Gasteiger partial charge is 0.416 e. The van der Waals surface area contributed by atoms with Gasteiger partial charge in [-0.1, -0.05) is 0 Å². The highest BCUT2D eigenvalue weighted by molar-refractivity contribution is 5.61. The van der Waals surface area contributed by atoms with Gasteiger partial charge in [-0.15, -0.1) is 0 Å². The number of benzene rings is 1. The second-order valence-electron chi connectivity index (χ2n) is 5.68. The first kappa shape index (κ1) is 15.6. The summed E-state index contributed by atoms with van der Waals surface area (Å²) in [7, 11) is 0. The predicted molar refractivity (Wildman–Crippen MR) is 72.8 cm³/mol. The van der Waals surface area contributed by atoms with Crippen molar-refractivity contribution < 1.29 is 18.3 Å². The maximum atomic E-state index is 12.7. The number of anilines is 1. The SMILES string of the molecule is CC1(O)CCCN(c2ccc(C(F)(F)F)cc2C#N)CC1. The van der Waals surface area contributed by atoms with Crippen molar-refractivity contribution in [3.05, 3.63) is 29.3 Å². The van der Waals surface area contributed by atoms with Crippen LogP contribution < -0.4 is 4.90 Å². The fraction of sp³-hybridized carbons (Fsp3) is 0.533. The zero-order valence-corrected chi connectivity index (χ0v) is 11.7. The molecule has 3 nitrogen and oxygen atoms in total. The van der Waals surface area contributed by atoms with Crippen molar-refractivity contribution in [3.8, 4) is 6.07 Å². The van der Waals surface area contributed by atoms with Crippen LogP contribution in [0.15, 0.2) is 18.2 Å². The average Bonchev–Trinajstić information content (AvgIpc) is 2.58. The lowest BCUT2D eigenvalue weighted by molar-refractivity contribution is -0.137. The first-order valence-corrected chi connectivity index (χ1v) is 6.82. The van der Waals surface area contributed by atoms with E-state index in [0.717, 1.165) is 18.6 Å². The van der Waals surface area contributed by atoms with Crippen LogP contribution in [-0.2, 0) is 6.18 Å². The average molecular weight is 298 g/mol. The predicted octanol–water partition coefficient (Wildman–Crippen LogP) is 3.32. The number of rotatable bonds is 1. The highest BCUT2D eigenvalue weighted by Gasteiger charge is 2.32. The summed E-state index contributed by atoms with van der Waals surface area (Å²) in [6.45, 7) is 2.90. The van der Waals surface area contributed by atoms with Crippen LogP contribution in [0, 0.1) is 11.3 Å². The van der Waals surface area contributed by atoms with Crippen LogP contribution in [0.25, 0.3) is 0 Å². The van der Waals surface area contributed by atoms with Gasteiger partial charge in [0.05, 0.1) is 22.4 Å². The van der Waals surface area contributed by atoms with Gasteiger partial charge >= 0.3 is 6.18 Å². The summed E-state index contributed by atoms with van der Waals surface area (Å²) in [5, 5.41) is 19.2. The molecule has 0 spiro atoms. The molecule has 0 aliphatic carbocycles. The van der Waals surface area contributed by atoms with Crippen molar-refractivity contribution >= 4 is 5.69 Å². The smallest absolute Gasteiger partial charge is 0.390 e. The van der Waals surface area contributed by atoms with E-state index in [1.807, 2.05) is 11.0 Å². The van der Waals surface area contributed by atoms with Gasteiger partial charge < -0.3 is 10.0 Å². The Balaban J connectivity index is 2.30. The third kappa shape index (κ3) is 3.67. The van der Waals surface area contributed by atoms with Crippen molar-refractivity contribution in [2.24, 2.45) is 0 Å². The molecule has 21 heavy (non-hydrogen) atoms. The Bertz CT molecular complexity index is 561. The standard InChI is InChI=1S/C15H17F3N2O/c1-14(21)5-2-7-20(8-6-14)13-4-3-12(15(16,17)18)9-11(13)10-19/h3-4,9,21H,2,5-8H2,1H3. The second kappa shape index (κ2) is 5.57. The first-order valence-electron chi connectivity index (χ1n) is 6.82. The second-order valence-corrected chi connectivity index (χ2v) is 5.68. The lowest BCUT2D eigenvalue weighted by atomic mass is 9.98. The lowest BCUT2D eigenvalue weighted by Gasteiger charge is -2.25. The molecular weight excluding hydrogens is 281 g/mol. The molecule has 1 saturated heterocycles. The molecule has 1 N–H and O–H groups in total. The Hall–Kier alpha value is -1.74. The fourth-order valence-corrected chi connectivity index (χ4v) is 2.58. The van der Waals surface area contributed by atoms with Gasteiger partial charge in [0.25, 0.3) is 0 Å². The summed E-state index contributed by atoms with van der Waals surface area (Å²) in [5.41, 5.74) is -1.05. The number of aliphatic hydroxyl groups is 1. The molecule has 0 aromatic heterocycles. The monoisotopic (exact) mass is 298 g/mol. The molecule has 1 aliphatic heterocycles. The van der Waals surface area contributed by atoms with E-state index < -0.39 is 17.3 Å². The molecule has 1 aromatic rings. The van der Waals surface area contributed by atoms with Crippen LogP contribution in [0.5, 0.6) is 0 Å². The maximum absolute atomic E-state index is 12.7. The molecule has 0 amide bonds. The minimum absolute atomic E-state index is 0.0198. The van der Waals surface area contributed by atoms with E-state index in [-0.39, 0.29) is 5.56 Å². The Morgan fingerprint density at radius 1 is 1.29 bits per heavy atom. The molecule has 2 rings (SSSR count). The van der Waals surface area contributed by atoms with Gasteiger partial charge in [-0.2, -0.15) is 18.4 Å². The highest BCUT2D eigenvalue weighted by atomic mass is 19.4. The summed E-state index contributed by atoms with van der Waals surface area (Å²) < 4.78 is 38.1. The molecule has 1 aromatic carbocycles. The van der Waals surface area contributed by atoms with E-state index in [2.05, 4.69) is 0 Å². The number of nitrogens with zero attached hydrogens (tertiary/aromatic N) is 2. The summed E-state index contributed by atoms with van der Waals surface area (Å²) in [6.07, 6.45) is -2.55. The van der Waals surface area contributed by atoms with Gasteiger partial charge in [0.1, 0.15) is 6.07 Å². The lowest BCUT2D eigenvalue weighted by Crippen LogP contribution is -2.28. The van der Waals surface area contributed by atoms with Gasteiger partial charge in [-0.3, -0.25) is 0 Å². The number of alkyl halides is 3. The minimum atomic E-state index is -4.45. The molecule has 1 heterocycles. The Morgan fingerprint density at radius 3 is 2.62 bits per heavy atom. The quantitative estimate of drug-likeness (QED) is 0.865. The third-order valence-electron chi connectivity index (χ3n) is 3.85. The van der Waals surface area contributed by atoms with Crippen LogP contribution >= 0.6 is 0 Å². The van der Waals surface area contributed by atoms with E-state index in [9.17, 15) is 18.3 Å². The summed E-state index contributed by atoms with van der Waals surface area (Å²) in [6, 6.07) is 5.08. The van der Waals surface area contributed by atoms with Crippen molar-refractivity contribution in [1.29, 1.82) is 5.26 Å². The molecule has 1 fully saturated rings. The van der Waals surface area contributed by atoms with Gasteiger partial charge in [-0.25, -0.2) is 0 Å². The van der Waals surface area contributed by atoms with Gasteiger partial charge in [0.15, 0.2) is 0 Å². The molecule has 0 saturated carbocycles. The molecule has 0 bridgehead atoms. The zero-order chi connectivity index (χ0) is 15.7. The van der Waals surface area contributed by atoms with Crippen molar-refractivity contribution in [2.75, 3.05) is 18.0 Å². The van der Waals surface area contributed by atoms with Crippen LogP contribution in [0.1, 0.15) is 37.3 Å². The first-order chi connectivity index (χ1) is 9.73. The summed E-state index contributed by atoms with van der Waals surface area (Å²) >= 11 is 0. The van der Waals surface area contributed by atoms with E-state index in [1.165, 1.54) is 6.07 Å².